The Morgan fingerprint density at radius 3 is 1.03 bits per heavy atom. The largest absolute Gasteiger partial charge is 0.472 e. The molecule has 9 nitrogen and oxygen atoms in total. The first-order valence-corrected chi connectivity index (χ1v) is 41.1. The van der Waals surface area contributed by atoms with Gasteiger partial charge in [-0.3, -0.25) is 18.6 Å². The van der Waals surface area contributed by atoms with Gasteiger partial charge in [0.15, 0.2) is 0 Å². The quantitative estimate of drug-likeness (QED) is 0.0205. The maximum Gasteiger partial charge on any atom is 0.472 e. The molecule has 3 atom stereocenters. The first-order chi connectivity index (χ1) is 44.4. The molecule has 3 unspecified atom stereocenters. The van der Waals surface area contributed by atoms with Crippen LogP contribution in [0.4, 0.5) is 0 Å². The van der Waals surface area contributed by atoms with E-state index in [1.165, 1.54) is 289 Å². The normalized spacial score (nSPS) is 13.7. The number of hydrogen-bond donors (Lipinski definition) is 2. The van der Waals surface area contributed by atoms with E-state index in [-0.39, 0.29) is 25.1 Å². The van der Waals surface area contributed by atoms with Gasteiger partial charge in [-0.15, -0.1) is 0 Å². The van der Waals surface area contributed by atoms with Crippen molar-refractivity contribution >= 4 is 19.7 Å². The number of hydrogen-bond acceptors (Lipinski definition) is 6. The van der Waals surface area contributed by atoms with Crippen LogP contribution in [0.5, 0.6) is 0 Å². The summed E-state index contributed by atoms with van der Waals surface area (Å²) < 4.78 is 30.9. The molecule has 0 saturated carbocycles. The summed E-state index contributed by atoms with van der Waals surface area (Å²) in [5.41, 5.74) is 0. The number of likely N-dealkylation sites (N-methyl/N-ethyl adjacent to an activating group) is 1. The third-order valence-corrected chi connectivity index (χ3v) is 18.9. The Balaban J connectivity index is 4.86. The van der Waals surface area contributed by atoms with Crippen LogP contribution >= 0.6 is 7.82 Å². The van der Waals surface area contributed by atoms with Crippen molar-refractivity contribution in [1.29, 1.82) is 0 Å². The number of rotatable bonds is 73. The zero-order chi connectivity index (χ0) is 66.3. The third-order valence-electron chi connectivity index (χ3n) is 17.9. The van der Waals surface area contributed by atoms with Crippen LogP contribution in [0, 0.1) is 0 Å². The Bertz CT molecular complexity index is 1740. The lowest BCUT2D eigenvalue weighted by Crippen LogP contribution is -2.47. The summed E-state index contributed by atoms with van der Waals surface area (Å²) in [6, 6.07) is -0.849. The molecule has 0 saturated heterocycles. The molecule has 0 aromatic rings. The van der Waals surface area contributed by atoms with Crippen LogP contribution in [0.1, 0.15) is 393 Å². The molecule has 0 aromatic carbocycles. The lowest BCUT2D eigenvalue weighted by molar-refractivity contribution is -0.870. The fourth-order valence-electron chi connectivity index (χ4n) is 11.8. The zero-order valence-electron chi connectivity index (χ0n) is 61.4. The predicted molar refractivity (Wildman–Crippen MR) is 397 cm³/mol. The van der Waals surface area contributed by atoms with Crippen molar-refractivity contribution in [2.75, 3.05) is 40.9 Å². The Morgan fingerprint density at radius 1 is 0.385 bits per heavy atom. The molecule has 10 heteroatoms. The van der Waals surface area contributed by atoms with E-state index in [1.54, 1.807) is 0 Å². The second kappa shape index (κ2) is 70.5. The predicted octanol–water partition coefficient (Wildman–Crippen LogP) is 25.7. The number of nitrogens with zero attached hydrogens (tertiary/aromatic N) is 1. The number of allylic oxidation sites excluding steroid dienone is 9. The van der Waals surface area contributed by atoms with E-state index in [1.807, 2.05) is 33.3 Å². The molecule has 534 valence electrons. The van der Waals surface area contributed by atoms with E-state index in [0.717, 1.165) is 70.6 Å². The summed E-state index contributed by atoms with van der Waals surface area (Å²) in [7, 11) is 1.51. The topological polar surface area (TPSA) is 111 Å². The molecular formula is C81H154N2O7P+. The first kappa shape index (κ1) is 88.7. The van der Waals surface area contributed by atoms with Gasteiger partial charge in [-0.05, 0) is 96.0 Å². The van der Waals surface area contributed by atoms with Crippen molar-refractivity contribution in [3.05, 3.63) is 60.8 Å². The number of nitrogens with one attached hydrogen (secondary N) is 1. The van der Waals surface area contributed by atoms with Gasteiger partial charge in [0.2, 0.25) is 5.91 Å². The molecule has 1 amide bonds. The molecule has 0 rings (SSSR count). The van der Waals surface area contributed by atoms with E-state index in [4.69, 9.17) is 13.8 Å². The van der Waals surface area contributed by atoms with Gasteiger partial charge in [0, 0.05) is 12.8 Å². The summed E-state index contributed by atoms with van der Waals surface area (Å²) in [4.78, 5) is 38.0. The SMILES string of the molecule is CCCCC/C=C\C/C=C\C/C=C\CCCCCCCCCCCCCCCCC(=O)OC(/C=C/CCCCCCCCCCC)C(COP(=O)(O)OCC[N+](C)(C)C)NC(=O)CCCCCCCCCCCCCCCCCCC/C=C/CCCCCCCC. The fourth-order valence-corrected chi connectivity index (χ4v) is 12.6. The van der Waals surface area contributed by atoms with Gasteiger partial charge in [0.1, 0.15) is 19.3 Å². The summed E-state index contributed by atoms with van der Waals surface area (Å²) in [6.07, 6.45) is 92.6. The van der Waals surface area contributed by atoms with E-state index >= 15 is 0 Å². The van der Waals surface area contributed by atoms with Crippen molar-refractivity contribution in [3.63, 3.8) is 0 Å². The Morgan fingerprint density at radius 2 is 0.670 bits per heavy atom. The molecule has 0 aliphatic heterocycles. The number of carbonyl (C=O) groups excluding carboxylic acids is 2. The minimum absolute atomic E-state index is 0.0415. The third kappa shape index (κ3) is 71.8. The highest BCUT2D eigenvalue weighted by molar-refractivity contribution is 7.47. The number of carbonyl (C=O) groups is 2. The second-order valence-corrected chi connectivity index (χ2v) is 29.7. The second-order valence-electron chi connectivity index (χ2n) is 28.2. The molecule has 0 aliphatic carbocycles. The minimum Gasteiger partial charge on any atom is -0.456 e. The smallest absolute Gasteiger partial charge is 0.456 e. The number of ether oxygens (including phenoxy) is 1. The van der Waals surface area contributed by atoms with Crippen LogP contribution < -0.4 is 5.32 Å². The average Bonchev–Trinajstić information content (AvgIpc) is 3.03. The van der Waals surface area contributed by atoms with Gasteiger partial charge >= 0.3 is 13.8 Å². The van der Waals surface area contributed by atoms with Gasteiger partial charge < -0.3 is 19.4 Å². The van der Waals surface area contributed by atoms with Crippen molar-refractivity contribution in [3.8, 4) is 0 Å². The summed E-state index contributed by atoms with van der Waals surface area (Å²) in [6.45, 7) is 7.04. The molecule has 0 bridgehead atoms. The lowest BCUT2D eigenvalue weighted by Gasteiger charge is -2.27. The standard InChI is InChI=1S/C81H153N2O7P/c1-7-10-13-16-19-22-25-27-29-31-33-35-37-39-41-43-45-47-49-51-53-55-58-61-64-67-70-73-80(84)82-78(77-89-91(86,87)88-76-75-83(4,5)6)79(72-69-66-63-60-57-24-21-18-15-12-9-3)90-81(85)74-71-68-65-62-59-56-54-52-50-48-46-44-42-40-38-36-34-32-30-28-26-23-20-17-14-11-8-2/h20,23,27-30,34,36,69,72,78-79H,7-19,21-22,24-26,31-33,35,37-68,70-71,73-77H2,1-6H3,(H-,82,84,86,87)/p+1/b23-20-,29-27+,30-28-,36-34-,72-69+. The van der Waals surface area contributed by atoms with Gasteiger partial charge in [0.25, 0.3) is 0 Å². The Kier molecular flexibility index (Phi) is 68.7. The van der Waals surface area contributed by atoms with Crippen LogP contribution in [0.2, 0.25) is 0 Å². The molecule has 0 fully saturated rings. The van der Waals surface area contributed by atoms with Crippen molar-refractivity contribution in [2.45, 2.75) is 405 Å². The number of amides is 1. The molecule has 0 radical (unpaired) electrons. The Hall–Kier alpha value is -2.29. The number of unbranched alkanes of at least 4 members (excludes halogenated alkanes) is 49. The van der Waals surface area contributed by atoms with Crippen molar-refractivity contribution in [1.82, 2.24) is 5.32 Å². The van der Waals surface area contributed by atoms with E-state index in [0.29, 0.717) is 23.9 Å². The monoisotopic (exact) mass is 1300 g/mol. The molecule has 0 aromatic heterocycles. The van der Waals surface area contributed by atoms with Gasteiger partial charge in [-0.1, -0.05) is 345 Å². The fraction of sp³-hybridized carbons (Fsp3) is 0.852. The molecule has 0 heterocycles. The molecule has 0 spiro atoms. The number of phosphoric acid groups is 1. The number of esters is 1. The molecular weight excluding hydrogens is 1140 g/mol. The van der Waals surface area contributed by atoms with Gasteiger partial charge in [-0.2, -0.15) is 0 Å². The maximum absolute atomic E-state index is 13.7. The summed E-state index contributed by atoms with van der Waals surface area (Å²) >= 11 is 0. The highest BCUT2D eigenvalue weighted by Gasteiger charge is 2.30. The van der Waals surface area contributed by atoms with Crippen LogP contribution in [-0.4, -0.2) is 74.3 Å². The van der Waals surface area contributed by atoms with E-state index in [9.17, 15) is 19.0 Å². The average molecular weight is 1300 g/mol. The van der Waals surface area contributed by atoms with Crippen LogP contribution in [0.3, 0.4) is 0 Å². The van der Waals surface area contributed by atoms with E-state index in [2.05, 4.69) is 74.7 Å². The number of phosphoric ester groups is 1. The highest BCUT2D eigenvalue weighted by Crippen LogP contribution is 2.43. The van der Waals surface area contributed by atoms with Crippen LogP contribution in [-0.2, 0) is 27.9 Å². The summed E-state index contributed by atoms with van der Waals surface area (Å²) in [5.74, 6) is -0.488. The Labute approximate surface area is 566 Å². The molecule has 91 heavy (non-hydrogen) atoms. The lowest BCUT2D eigenvalue weighted by atomic mass is 10.0. The maximum atomic E-state index is 13.7. The van der Waals surface area contributed by atoms with Gasteiger partial charge in [-0.25, -0.2) is 4.57 Å². The van der Waals surface area contributed by atoms with Crippen molar-refractivity contribution < 1.29 is 37.3 Å². The molecule has 0 aliphatic rings. The zero-order valence-corrected chi connectivity index (χ0v) is 62.2. The minimum atomic E-state index is -4.46. The molecule has 2 N–H and O–H groups in total. The van der Waals surface area contributed by atoms with E-state index < -0.39 is 20.0 Å². The van der Waals surface area contributed by atoms with Crippen molar-refractivity contribution in [2.24, 2.45) is 0 Å². The first-order valence-electron chi connectivity index (χ1n) is 39.6. The van der Waals surface area contributed by atoms with Crippen LogP contribution in [0.25, 0.3) is 0 Å². The summed E-state index contributed by atoms with van der Waals surface area (Å²) in [5, 5.41) is 3.08. The van der Waals surface area contributed by atoms with Gasteiger partial charge in [0.05, 0.1) is 33.8 Å². The number of quaternary nitrogens is 1. The highest BCUT2D eigenvalue weighted by atomic mass is 31.2. The van der Waals surface area contributed by atoms with Crippen LogP contribution in [0.15, 0.2) is 60.8 Å².